The van der Waals surface area contributed by atoms with Gasteiger partial charge in [0, 0.05) is 18.7 Å². The topological polar surface area (TPSA) is 95.6 Å². The van der Waals surface area contributed by atoms with E-state index in [-0.39, 0.29) is 19.3 Å². The first kappa shape index (κ1) is 24.2. The zero-order chi connectivity index (χ0) is 25.6. The Bertz CT molecular complexity index is 1360. The molecule has 0 atom stereocenters. The maximum atomic E-state index is 12.9. The largest absolute Gasteiger partial charge is 0.483 e. The fourth-order valence-corrected chi connectivity index (χ4v) is 4.84. The summed E-state index contributed by atoms with van der Waals surface area (Å²) >= 11 is 0. The summed E-state index contributed by atoms with van der Waals surface area (Å²) in [5.41, 5.74) is 3.84. The number of nitriles is 2. The number of carbonyl (C=O) groups excluding carboxylic acids is 1. The molecule has 5 rings (SSSR count). The van der Waals surface area contributed by atoms with Gasteiger partial charge in [-0.1, -0.05) is 18.2 Å². The second-order valence-corrected chi connectivity index (χ2v) is 9.35. The summed E-state index contributed by atoms with van der Waals surface area (Å²) in [5.74, 6) is 2.71. The van der Waals surface area contributed by atoms with Crippen molar-refractivity contribution in [3.8, 4) is 40.5 Å². The molecule has 7 nitrogen and oxygen atoms in total. The third-order valence-corrected chi connectivity index (χ3v) is 7.03. The Hall–Kier alpha value is -4.49. The molecule has 0 unspecified atom stereocenters. The second-order valence-electron chi connectivity index (χ2n) is 9.35. The van der Waals surface area contributed by atoms with Crippen molar-refractivity contribution in [1.82, 2.24) is 4.90 Å². The molecule has 0 bridgehead atoms. The molecule has 37 heavy (non-hydrogen) atoms. The van der Waals surface area contributed by atoms with E-state index in [1.165, 1.54) is 5.56 Å². The van der Waals surface area contributed by atoms with Crippen molar-refractivity contribution in [2.45, 2.75) is 25.7 Å². The first-order valence-corrected chi connectivity index (χ1v) is 12.5. The summed E-state index contributed by atoms with van der Waals surface area (Å²) in [7, 11) is 0. The molecule has 0 spiro atoms. The number of fused-ring (bicyclic) bond motifs is 1. The van der Waals surface area contributed by atoms with Crippen LogP contribution in [0, 0.1) is 28.6 Å². The molecule has 0 radical (unpaired) electrons. The third-order valence-electron chi connectivity index (χ3n) is 7.03. The number of hydrogen-bond donors (Lipinski definition) is 0. The second kappa shape index (κ2) is 11.1. The number of aryl methyl sites for hydroxylation is 1. The van der Waals surface area contributed by atoms with Crippen molar-refractivity contribution in [3.05, 3.63) is 77.4 Å². The monoisotopic (exact) mass is 493 g/mol. The van der Waals surface area contributed by atoms with Crippen LogP contribution in [0.5, 0.6) is 17.2 Å². The minimum absolute atomic E-state index is 0.0376. The zero-order valence-electron chi connectivity index (χ0n) is 20.5. The summed E-state index contributed by atoms with van der Waals surface area (Å²) in [6.45, 7) is 1.68. The first-order chi connectivity index (χ1) is 18.1. The molecule has 0 saturated carbocycles. The van der Waals surface area contributed by atoms with Gasteiger partial charge < -0.3 is 19.1 Å². The summed E-state index contributed by atoms with van der Waals surface area (Å²) in [5, 5.41) is 18.4. The maximum absolute atomic E-state index is 12.9. The molecule has 0 N–H and O–H groups in total. The smallest absolute Gasteiger partial charge is 0.260 e. The molecule has 2 heterocycles. The third kappa shape index (κ3) is 5.68. The molecule has 2 aliphatic rings. The number of likely N-dealkylation sites (tertiary alicyclic amines) is 1. The number of ether oxygens (including phenoxy) is 3. The number of carbonyl (C=O) groups is 1. The Morgan fingerprint density at radius 3 is 2.41 bits per heavy atom. The van der Waals surface area contributed by atoms with E-state index < -0.39 is 0 Å². The Labute approximate surface area is 216 Å². The van der Waals surface area contributed by atoms with Crippen LogP contribution in [0.25, 0.3) is 11.1 Å². The Balaban J connectivity index is 1.14. The fraction of sp³-hybridized carbons (Fsp3) is 0.300. The fourth-order valence-electron chi connectivity index (χ4n) is 4.84. The van der Waals surface area contributed by atoms with E-state index in [1.54, 1.807) is 30.3 Å². The minimum atomic E-state index is -0.0585. The number of rotatable bonds is 7. The van der Waals surface area contributed by atoms with E-state index in [4.69, 9.17) is 19.5 Å². The van der Waals surface area contributed by atoms with Gasteiger partial charge in [0.1, 0.15) is 5.75 Å². The van der Waals surface area contributed by atoms with Crippen LogP contribution in [0.4, 0.5) is 0 Å². The predicted molar refractivity (Wildman–Crippen MR) is 137 cm³/mol. The zero-order valence-corrected chi connectivity index (χ0v) is 20.5. The van der Waals surface area contributed by atoms with Gasteiger partial charge in [0.15, 0.2) is 18.1 Å². The van der Waals surface area contributed by atoms with Crippen LogP contribution in [0.2, 0.25) is 0 Å². The van der Waals surface area contributed by atoms with Gasteiger partial charge in [-0.2, -0.15) is 10.5 Å². The van der Waals surface area contributed by atoms with Gasteiger partial charge in [0.05, 0.1) is 23.3 Å². The van der Waals surface area contributed by atoms with E-state index in [0.29, 0.717) is 22.8 Å². The van der Waals surface area contributed by atoms with E-state index in [1.807, 2.05) is 23.1 Å². The number of piperidine rings is 1. The summed E-state index contributed by atoms with van der Waals surface area (Å²) in [6.07, 6.45) is 4.01. The number of benzene rings is 3. The molecule has 1 amide bonds. The molecule has 2 aliphatic heterocycles. The molecular weight excluding hydrogens is 466 g/mol. The lowest BCUT2D eigenvalue weighted by atomic mass is 9.90. The van der Waals surface area contributed by atoms with Gasteiger partial charge in [-0.05, 0) is 85.2 Å². The minimum Gasteiger partial charge on any atom is -0.483 e. The molecule has 7 heteroatoms. The van der Waals surface area contributed by atoms with Crippen LogP contribution in [-0.4, -0.2) is 37.3 Å². The van der Waals surface area contributed by atoms with Crippen LogP contribution in [0.15, 0.2) is 60.7 Å². The maximum Gasteiger partial charge on any atom is 0.260 e. The molecule has 3 aromatic rings. The molecule has 1 saturated heterocycles. The molecule has 186 valence electrons. The first-order valence-electron chi connectivity index (χ1n) is 12.5. The van der Waals surface area contributed by atoms with Gasteiger partial charge >= 0.3 is 0 Å². The van der Waals surface area contributed by atoms with Gasteiger partial charge in [0.25, 0.3) is 5.91 Å². The van der Waals surface area contributed by atoms with Crippen molar-refractivity contribution < 1.29 is 19.0 Å². The van der Waals surface area contributed by atoms with Crippen molar-refractivity contribution >= 4 is 5.91 Å². The van der Waals surface area contributed by atoms with E-state index in [9.17, 15) is 10.1 Å². The lowest BCUT2D eigenvalue weighted by Gasteiger charge is -2.32. The highest BCUT2D eigenvalue weighted by Gasteiger charge is 2.24. The van der Waals surface area contributed by atoms with Crippen LogP contribution < -0.4 is 14.2 Å². The van der Waals surface area contributed by atoms with E-state index >= 15 is 0 Å². The Morgan fingerprint density at radius 1 is 0.919 bits per heavy atom. The molecule has 0 aliphatic carbocycles. The number of hydrogen-bond acceptors (Lipinski definition) is 6. The van der Waals surface area contributed by atoms with Crippen molar-refractivity contribution in [2.24, 2.45) is 5.92 Å². The van der Waals surface area contributed by atoms with E-state index in [0.717, 1.165) is 61.4 Å². The van der Waals surface area contributed by atoms with Crippen LogP contribution in [0.3, 0.4) is 0 Å². The van der Waals surface area contributed by atoms with Crippen molar-refractivity contribution in [3.63, 3.8) is 0 Å². The Morgan fingerprint density at radius 2 is 1.65 bits per heavy atom. The lowest BCUT2D eigenvalue weighted by molar-refractivity contribution is -0.134. The highest BCUT2D eigenvalue weighted by Crippen LogP contribution is 2.34. The van der Waals surface area contributed by atoms with Crippen LogP contribution in [-0.2, 0) is 11.2 Å². The Kier molecular flexibility index (Phi) is 7.23. The van der Waals surface area contributed by atoms with Gasteiger partial charge in [-0.25, -0.2) is 0 Å². The lowest BCUT2D eigenvalue weighted by Crippen LogP contribution is -2.41. The standard InChI is InChI=1S/C30H27N3O4/c31-17-23-3-7-25(8-4-23)26-15-24(18-32)6-9-27(26)35-19-30(34)33-13-11-21(12-14-33)1-2-22-5-10-28-29(16-22)37-20-36-28/h3-10,15-16,21H,1-2,11-14,19-20H2. The van der Waals surface area contributed by atoms with Gasteiger partial charge in [-0.3, -0.25) is 4.79 Å². The quantitative estimate of drug-likeness (QED) is 0.456. The van der Waals surface area contributed by atoms with Crippen LogP contribution >= 0.6 is 0 Å². The van der Waals surface area contributed by atoms with Gasteiger partial charge in [-0.15, -0.1) is 0 Å². The average molecular weight is 494 g/mol. The van der Waals surface area contributed by atoms with Crippen LogP contribution in [0.1, 0.15) is 36.0 Å². The summed E-state index contributed by atoms with van der Waals surface area (Å²) in [4.78, 5) is 14.8. The highest BCUT2D eigenvalue weighted by molar-refractivity contribution is 5.79. The van der Waals surface area contributed by atoms with Gasteiger partial charge in [0.2, 0.25) is 6.79 Å². The summed E-state index contributed by atoms with van der Waals surface area (Å²) < 4.78 is 16.8. The molecular formula is C30H27N3O4. The van der Waals surface area contributed by atoms with Crippen molar-refractivity contribution in [1.29, 1.82) is 10.5 Å². The molecule has 0 aromatic heterocycles. The molecule has 1 fully saturated rings. The van der Waals surface area contributed by atoms with Crippen molar-refractivity contribution in [2.75, 3.05) is 26.5 Å². The number of nitrogens with zero attached hydrogens (tertiary/aromatic N) is 3. The van der Waals surface area contributed by atoms with E-state index in [2.05, 4.69) is 24.3 Å². The average Bonchev–Trinajstić information content (AvgIpc) is 3.43. The molecule has 3 aromatic carbocycles. The summed E-state index contributed by atoms with van der Waals surface area (Å²) in [6, 6.07) is 22.6. The number of amides is 1. The normalized spacial score (nSPS) is 14.6. The highest BCUT2D eigenvalue weighted by atomic mass is 16.7. The SMILES string of the molecule is N#Cc1ccc(-c2cc(C#N)ccc2OCC(=O)N2CCC(CCc3ccc4c(c3)OCO4)CC2)cc1. The predicted octanol–water partition coefficient (Wildman–Crippen LogP) is 5.08.